The lowest BCUT2D eigenvalue weighted by Gasteiger charge is -1.98. The minimum absolute atomic E-state index is 0.868. The highest BCUT2D eigenvalue weighted by atomic mass is 79.9. The fraction of sp³-hybridized carbons (Fsp3) is 0.200. The second-order valence-electron chi connectivity index (χ2n) is 3.02. The van der Waals surface area contributed by atoms with Gasteiger partial charge >= 0.3 is 0 Å². The van der Waals surface area contributed by atoms with Crippen molar-refractivity contribution in [2.75, 3.05) is 0 Å². The van der Waals surface area contributed by atoms with E-state index in [9.17, 15) is 0 Å². The van der Waals surface area contributed by atoms with Gasteiger partial charge in [0, 0.05) is 5.33 Å². The molecule has 0 radical (unpaired) electrons. The maximum atomic E-state index is 6.13. The molecular formula is C10H8BrClS. The summed E-state index contributed by atoms with van der Waals surface area (Å²) in [6.07, 6.45) is 0. The number of rotatable bonds is 1. The minimum Gasteiger partial charge on any atom is -0.142 e. The predicted octanol–water partition coefficient (Wildman–Crippen LogP) is 4.76. The van der Waals surface area contributed by atoms with Crippen LogP contribution in [0.4, 0.5) is 0 Å². The third kappa shape index (κ3) is 1.63. The van der Waals surface area contributed by atoms with E-state index >= 15 is 0 Å². The highest BCUT2D eigenvalue weighted by Gasteiger charge is 2.06. The van der Waals surface area contributed by atoms with Crippen molar-refractivity contribution in [3.63, 3.8) is 0 Å². The lowest BCUT2D eigenvalue weighted by molar-refractivity contribution is 1.48. The standard InChI is InChI=1S/C10H8BrClS/c1-6-2-8-7(4-11)5-13-10(8)9(12)3-6/h2-3,5H,4H2,1H3. The van der Waals surface area contributed by atoms with Crippen LogP contribution < -0.4 is 0 Å². The van der Waals surface area contributed by atoms with Crippen LogP contribution in [0.2, 0.25) is 5.02 Å². The average Bonchev–Trinajstić information content (AvgIpc) is 2.47. The van der Waals surface area contributed by atoms with E-state index in [1.807, 2.05) is 6.07 Å². The fourth-order valence-electron chi connectivity index (χ4n) is 1.38. The van der Waals surface area contributed by atoms with Crippen LogP contribution >= 0.6 is 38.9 Å². The number of hydrogen-bond donors (Lipinski definition) is 0. The molecule has 13 heavy (non-hydrogen) atoms. The molecule has 68 valence electrons. The number of alkyl halides is 1. The van der Waals surface area contributed by atoms with Gasteiger partial charge in [0.2, 0.25) is 0 Å². The van der Waals surface area contributed by atoms with E-state index in [0.29, 0.717) is 0 Å². The second-order valence-corrected chi connectivity index (χ2v) is 4.87. The lowest BCUT2D eigenvalue weighted by Crippen LogP contribution is -1.76. The summed E-state index contributed by atoms with van der Waals surface area (Å²) in [4.78, 5) is 0. The molecule has 0 amide bonds. The Kier molecular flexibility index (Phi) is 2.63. The zero-order valence-corrected chi connectivity index (χ0v) is 10.3. The van der Waals surface area contributed by atoms with Crippen LogP contribution in [0.3, 0.4) is 0 Å². The Morgan fingerprint density at radius 3 is 2.92 bits per heavy atom. The first-order chi connectivity index (χ1) is 6.22. The molecule has 1 heterocycles. The normalized spacial score (nSPS) is 11.0. The molecule has 0 aliphatic carbocycles. The van der Waals surface area contributed by atoms with Gasteiger partial charge in [-0.25, -0.2) is 0 Å². The Bertz CT molecular complexity index is 447. The first-order valence-corrected chi connectivity index (χ1v) is 6.32. The van der Waals surface area contributed by atoms with Crippen molar-refractivity contribution in [3.8, 4) is 0 Å². The molecule has 0 aliphatic rings. The zero-order valence-electron chi connectivity index (χ0n) is 7.10. The molecule has 0 atom stereocenters. The number of hydrogen-bond acceptors (Lipinski definition) is 1. The molecule has 0 aliphatic heterocycles. The number of thiophene rings is 1. The Balaban J connectivity index is 2.82. The molecule has 2 aromatic rings. The van der Waals surface area contributed by atoms with Crippen LogP contribution in [0.1, 0.15) is 11.1 Å². The third-order valence-electron chi connectivity index (χ3n) is 2.00. The summed E-state index contributed by atoms with van der Waals surface area (Å²) in [6, 6.07) is 4.20. The van der Waals surface area contributed by atoms with Gasteiger partial charge in [-0.05, 0) is 34.9 Å². The Morgan fingerprint density at radius 2 is 2.23 bits per heavy atom. The zero-order chi connectivity index (χ0) is 9.42. The molecule has 1 aromatic carbocycles. The van der Waals surface area contributed by atoms with E-state index in [1.54, 1.807) is 11.3 Å². The van der Waals surface area contributed by atoms with E-state index < -0.39 is 0 Å². The van der Waals surface area contributed by atoms with Gasteiger partial charge in [-0.3, -0.25) is 0 Å². The molecule has 0 nitrogen and oxygen atoms in total. The molecule has 0 saturated heterocycles. The molecule has 0 bridgehead atoms. The van der Waals surface area contributed by atoms with Crippen LogP contribution in [-0.2, 0) is 5.33 Å². The van der Waals surface area contributed by atoms with Crippen LogP contribution in [0.25, 0.3) is 10.1 Å². The quantitative estimate of drug-likeness (QED) is 0.658. The van der Waals surface area contributed by atoms with E-state index in [4.69, 9.17) is 11.6 Å². The summed E-state index contributed by atoms with van der Waals surface area (Å²) < 4.78 is 1.20. The van der Waals surface area contributed by atoms with Gasteiger partial charge in [-0.2, -0.15) is 0 Å². The van der Waals surface area contributed by atoms with Crippen molar-refractivity contribution < 1.29 is 0 Å². The molecule has 0 N–H and O–H groups in total. The first-order valence-electron chi connectivity index (χ1n) is 3.94. The van der Waals surface area contributed by atoms with Crippen molar-refractivity contribution in [2.45, 2.75) is 12.3 Å². The summed E-state index contributed by atoms with van der Waals surface area (Å²) in [5.41, 5.74) is 2.55. The van der Waals surface area contributed by atoms with Crippen molar-refractivity contribution >= 4 is 49.0 Å². The maximum Gasteiger partial charge on any atom is 0.0587 e. The predicted molar refractivity (Wildman–Crippen MR) is 64.2 cm³/mol. The second kappa shape index (κ2) is 3.60. The van der Waals surface area contributed by atoms with Gasteiger partial charge in [-0.15, -0.1) is 11.3 Å². The lowest BCUT2D eigenvalue weighted by atomic mass is 10.1. The van der Waals surface area contributed by atoms with Crippen molar-refractivity contribution in [1.82, 2.24) is 0 Å². The van der Waals surface area contributed by atoms with E-state index in [-0.39, 0.29) is 0 Å². The number of aryl methyl sites for hydroxylation is 1. The van der Waals surface area contributed by atoms with Gasteiger partial charge < -0.3 is 0 Å². The number of halogens is 2. The van der Waals surface area contributed by atoms with E-state index in [1.165, 1.54) is 21.2 Å². The van der Waals surface area contributed by atoms with E-state index in [2.05, 4.69) is 34.3 Å². The molecule has 0 fully saturated rings. The molecule has 0 saturated carbocycles. The molecular weight excluding hydrogens is 268 g/mol. The first kappa shape index (κ1) is 9.50. The molecule has 3 heteroatoms. The monoisotopic (exact) mass is 274 g/mol. The van der Waals surface area contributed by atoms with Gasteiger partial charge in [0.15, 0.2) is 0 Å². The van der Waals surface area contributed by atoms with Gasteiger partial charge in [0.05, 0.1) is 9.72 Å². The summed E-state index contributed by atoms with van der Waals surface area (Å²) >= 11 is 11.3. The summed E-state index contributed by atoms with van der Waals surface area (Å²) in [7, 11) is 0. The molecule has 0 spiro atoms. The Morgan fingerprint density at radius 1 is 1.46 bits per heavy atom. The highest BCUT2D eigenvalue weighted by molar-refractivity contribution is 9.08. The smallest absolute Gasteiger partial charge is 0.0587 e. The van der Waals surface area contributed by atoms with Gasteiger partial charge in [-0.1, -0.05) is 33.6 Å². The SMILES string of the molecule is Cc1cc(Cl)c2scc(CBr)c2c1. The fourth-order valence-corrected chi connectivity index (χ4v) is 3.43. The van der Waals surface area contributed by atoms with Crippen LogP contribution in [-0.4, -0.2) is 0 Å². The number of fused-ring (bicyclic) bond motifs is 1. The van der Waals surface area contributed by atoms with Crippen molar-refractivity contribution in [2.24, 2.45) is 0 Å². The minimum atomic E-state index is 0.868. The maximum absolute atomic E-state index is 6.13. The number of benzene rings is 1. The van der Waals surface area contributed by atoms with Crippen molar-refractivity contribution in [1.29, 1.82) is 0 Å². The summed E-state index contributed by atoms with van der Waals surface area (Å²) in [6.45, 7) is 2.07. The van der Waals surface area contributed by atoms with Crippen molar-refractivity contribution in [3.05, 3.63) is 33.7 Å². The largest absolute Gasteiger partial charge is 0.142 e. The Hall–Kier alpha value is -0.0500. The highest BCUT2D eigenvalue weighted by Crippen LogP contribution is 2.34. The van der Waals surface area contributed by atoms with Crippen LogP contribution in [0, 0.1) is 6.92 Å². The van der Waals surface area contributed by atoms with E-state index in [0.717, 1.165) is 10.4 Å². The van der Waals surface area contributed by atoms with Gasteiger partial charge in [0.25, 0.3) is 0 Å². The summed E-state index contributed by atoms with van der Waals surface area (Å²) in [5.74, 6) is 0. The van der Waals surface area contributed by atoms with Crippen LogP contribution in [0.15, 0.2) is 17.5 Å². The topological polar surface area (TPSA) is 0 Å². The molecule has 1 aromatic heterocycles. The molecule has 2 rings (SSSR count). The summed E-state index contributed by atoms with van der Waals surface area (Å²) in [5, 5.41) is 5.21. The molecule has 0 unspecified atom stereocenters. The Labute approximate surface area is 94.7 Å². The van der Waals surface area contributed by atoms with Crippen LogP contribution in [0.5, 0.6) is 0 Å². The third-order valence-corrected chi connectivity index (χ3v) is 4.09. The van der Waals surface area contributed by atoms with Gasteiger partial charge in [0.1, 0.15) is 0 Å². The average molecular weight is 276 g/mol.